The van der Waals surface area contributed by atoms with Crippen LogP contribution in [0.1, 0.15) is 65.5 Å². The van der Waals surface area contributed by atoms with Gasteiger partial charge in [-0.1, -0.05) is 60.7 Å². The van der Waals surface area contributed by atoms with Gasteiger partial charge in [0.25, 0.3) is 0 Å². The fourth-order valence-corrected chi connectivity index (χ4v) is 4.82. The van der Waals surface area contributed by atoms with Crippen LogP contribution in [0.3, 0.4) is 0 Å². The number of benzene rings is 2. The van der Waals surface area contributed by atoms with Gasteiger partial charge in [-0.3, -0.25) is 8.42 Å². The summed E-state index contributed by atoms with van der Waals surface area (Å²) in [6, 6.07) is 21.7. The molecular formula is C30H52N2O4S. The van der Waals surface area contributed by atoms with E-state index in [2.05, 4.69) is 102 Å². The van der Waals surface area contributed by atoms with Crippen LogP contribution in [0.15, 0.2) is 60.7 Å². The van der Waals surface area contributed by atoms with Crippen molar-refractivity contribution >= 4 is 10.4 Å². The number of hydrogen-bond donors (Lipinski definition) is 0. The standard InChI is InChI=1S/2C15H26N.H2O4S/c2*1-4-16(5-2,6-3)14-10-13-15-11-8-7-9-12-15;1-5(2,3)4/h2*7-9,11-12H,4-6,10,13-14H2,1-3H3;(H2,1,2,3,4)/q2*+1;/p-2. The number of aryl methyl sites for hydroxylation is 2. The first kappa shape index (κ1) is 35.2. The van der Waals surface area contributed by atoms with Crippen molar-refractivity contribution in [3.8, 4) is 0 Å². The SMILES string of the molecule is CC[N+](CC)(CC)CCCc1ccccc1.CC[N+](CC)(CC)CCCc1ccccc1.O=S(=O)([O-])[O-]. The molecular weight excluding hydrogens is 484 g/mol. The molecule has 2 rings (SSSR count). The van der Waals surface area contributed by atoms with Crippen molar-refractivity contribution in [2.75, 3.05) is 52.4 Å². The van der Waals surface area contributed by atoms with Crippen molar-refractivity contribution in [2.45, 2.75) is 67.2 Å². The predicted octanol–water partition coefficient (Wildman–Crippen LogP) is 5.65. The van der Waals surface area contributed by atoms with E-state index < -0.39 is 10.4 Å². The summed E-state index contributed by atoms with van der Waals surface area (Å²) in [7, 11) is -5.17. The summed E-state index contributed by atoms with van der Waals surface area (Å²) in [5.74, 6) is 0. The Morgan fingerprint density at radius 1 is 0.541 bits per heavy atom. The Morgan fingerprint density at radius 2 is 0.784 bits per heavy atom. The number of quaternary nitrogens is 2. The Balaban J connectivity index is 0.000000594. The third-order valence-electron chi connectivity index (χ3n) is 7.91. The van der Waals surface area contributed by atoms with Crippen molar-refractivity contribution in [3.05, 3.63) is 71.8 Å². The van der Waals surface area contributed by atoms with Crippen LogP contribution in [0.4, 0.5) is 0 Å². The summed E-state index contributed by atoms with van der Waals surface area (Å²) in [6.07, 6.45) is 5.06. The first-order valence-corrected chi connectivity index (χ1v) is 15.3. The van der Waals surface area contributed by atoms with Crippen molar-refractivity contribution in [3.63, 3.8) is 0 Å². The minimum Gasteiger partial charge on any atom is -0.759 e. The van der Waals surface area contributed by atoms with Gasteiger partial charge in [-0.2, -0.15) is 0 Å². The number of rotatable bonds is 14. The molecule has 7 heteroatoms. The van der Waals surface area contributed by atoms with Crippen LogP contribution >= 0.6 is 0 Å². The summed E-state index contributed by atoms with van der Waals surface area (Å²) < 4.78 is 36.6. The van der Waals surface area contributed by atoms with E-state index in [1.165, 1.54) is 98.1 Å². The van der Waals surface area contributed by atoms with E-state index >= 15 is 0 Å². The maximum Gasteiger partial charge on any atom is 0.0789 e. The highest BCUT2D eigenvalue weighted by Crippen LogP contribution is 2.11. The van der Waals surface area contributed by atoms with E-state index in [0.717, 1.165) is 0 Å². The molecule has 37 heavy (non-hydrogen) atoms. The summed E-state index contributed by atoms with van der Waals surface area (Å²) >= 11 is 0. The van der Waals surface area contributed by atoms with Gasteiger partial charge in [0, 0.05) is 23.2 Å². The smallest absolute Gasteiger partial charge is 0.0789 e. The zero-order valence-corrected chi connectivity index (χ0v) is 25.0. The molecule has 2 aromatic carbocycles. The van der Waals surface area contributed by atoms with Crippen LogP contribution in [0.25, 0.3) is 0 Å². The van der Waals surface area contributed by atoms with Gasteiger partial charge in [-0.15, -0.1) is 0 Å². The predicted molar refractivity (Wildman–Crippen MR) is 154 cm³/mol. The molecule has 0 aliphatic carbocycles. The Hall–Kier alpha value is -1.77. The van der Waals surface area contributed by atoms with Gasteiger partial charge in [-0.05, 0) is 65.5 Å². The average molecular weight is 537 g/mol. The largest absolute Gasteiger partial charge is 0.759 e. The Labute approximate surface area is 228 Å². The molecule has 6 nitrogen and oxygen atoms in total. The maximum absolute atomic E-state index is 8.52. The van der Waals surface area contributed by atoms with Crippen molar-refractivity contribution in [2.24, 2.45) is 0 Å². The van der Waals surface area contributed by atoms with Crippen molar-refractivity contribution in [1.82, 2.24) is 0 Å². The molecule has 0 aromatic heterocycles. The van der Waals surface area contributed by atoms with Gasteiger partial charge < -0.3 is 18.1 Å². The molecule has 0 aliphatic heterocycles. The van der Waals surface area contributed by atoms with E-state index in [1.54, 1.807) is 0 Å². The lowest BCUT2D eigenvalue weighted by atomic mass is 10.1. The topological polar surface area (TPSA) is 80.3 Å². The normalized spacial score (nSPS) is 11.7. The van der Waals surface area contributed by atoms with E-state index in [0.29, 0.717) is 0 Å². The molecule has 0 spiro atoms. The Bertz CT molecular complexity index is 812. The Kier molecular flexibility index (Phi) is 18.4. The maximum atomic E-state index is 8.52. The second-order valence-electron chi connectivity index (χ2n) is 9.61. The van der Waals surface area contributed by atoms with Gasteiger partial charge in [0.2, 0.25) is 0 Å². The minimum atomic E-state index is -5.17. The van der Waals surface area contributed by atoms with Gasteiger partial charge >= 0.3 is 0 Å². The molecule has 0 saturated heterocycles. The lowest BCUT2D eigenvalue weighted by Crippen LogP contribution is -2.48. The van der Waals surface area contributed by atoms with Crippen LogP contribution < -0.4 is 0 Å². The minimum absolute atomic E-state index is 1.22. The summed E-state index contributed by atoms with van der Waals surface area (Å²) in [5, 5.41) is 0. The highest BCUT2D eigenvalue weighted by atomic mass is 32.3. The lowest BCUT2D eigenvalue weighted by molar-refractivity contribution is -0.923. The molecule has 0 amide bonds. The van der Waals surface area contributed by atoms with E-state index in [4.69, 9.17) is 17.5 Å². The first-order valence-electron chi connectivity index (χ1n) is 14.0. The molecule has 0 atom stereocenters. The monoisotopic (exact) mass is 536 g/mol. The zero-order chi connectivity index (χ0) is 28.2. The molecule has 0 saturated carbocycles. The second-order valence-corrected chi connectivity index (χ2v) is 10.4. The van der Waals surface area contributed by atoms with Crippen LogP contribution in [0, 0.1) is 0 Å². The molecule has 0 aliphatic rings. The molecule has 0 bridgehead atoms. The molecule has 0 fully saturated rings. The van der Waals surface area contributed by atoms with Crippen molar-refractivity contribution < 1.29 is 26.5 Å². The first-order chi connectivity index (χ1) is 17.5. The van der Waals surface area contributed by atoms with E-state index in [-0.39, 0.29) is 0 Å². The lowest BCUT2D eigenvalue weighted by Gasteiger charge is -2.35. The van der Waals surface area contributed by atoms with Crippen LogP contribution in [0.5, 0.6) is 0 Å². The summed E-state index contributed by atoms with van der Waals surface area (Å²) in [4.78, 5) is 0. The molecule has 0 unspecified atom stereocenters. The third kappa shape index (κ3) is 16.6. The number of nitrogens with zero attached hydrogens (tertiary/aromatic N) is 2. The van der Waals surface area contributed by atoms with Crippen LogP contribution in [-0.2, 0) is 23.2 Å². The summed E-state index contributed by atoms with van der Waals surface area (Å²) in [5.41, 5.74) is 2.95. The average Bonchev–Trinajstić information content (AvgIpc) is 2.90. The van der Waals surface area contributed by atoms with Crippen molar-refractivity contribution in [1.29, 1.82) is 0 Å². The molecule has 212 valence electrons. The van der Waals surface area contributed by atoms with E-state index in [1.807, 2.05) is 0 Å². The molecule has 0 heterocycles. The van der Waals surface area contributed by atoms with E-state index in [9.17, 15) is 0 Å². The molecule has 0 radical (unpaired) electrons. The van der Waals surface area contributed by atoms with Gasteiger partial charge in [0.1, 0.15) is 0 Å². The molecule has 2 aromatic rings. The fraction of sp³-hybridized carbons (Fsp3) is 0.600. The number of hydrogen-bond acceptors (Lipinski definition) is 4. The Morgan fingerprint density at radius 3 is 1.00 bits per heavy atom. The third-order valence-corrected chi connectivity index (χ3v) is 7.91. The van der Waals surface area contributed by atoms with Crippen LogP contribution in [0.2, 0.25) is 0 Å². The van der Waals surface area contributed by atoms with Gasteiger partial charge in [0.05, 0.1) is 52.4 Å². The van der Waals surface area contributed by atoms with Crippen LogP contribution in [-0.4, -0.2) is 78.8 Å². The van der Waals surface area contributed by atoms with Gasteiger partial charge in [-0.25, -0.2) is 0 Å². The van der Waals surface area contributed by atoms with Gasteiger partial charge in [0.15, 0.2) is 0 Å². The summed E-state index contributed by atoms with van der Waals surface area (Å²) in [6.45, 7) is 24.1. The fourth-order valence-electron chi connectivity index (χ4n) is 4.82. The highest BCUT2D eigenvalue weighted by Gasteiger charge is 2.20. The second kappa shape index (κ2) is 19.3. The highest BCUT2D eigenvalue weighted by molar-refractivity contribution is 7.79. The molecule has 0 N–H and O–H groups in total. The zero-order valence-electron chi connectivity index (χ0n) is 24.2. The quantitative estimate of drug-likeness (QED) is 0.177.